The van der Waals surface area contributed by atoms with Crippen molar-refractivity contribution >= 4 is 34.1 Å². The number of imide groups is 1. The number of carbonyl (C=O) groups is 2. The van der Waals surface area contributed by atoms with Gasteiger partial charge >= 0.3 is 0 Å². The molecule has 54 heavy (non-hydrogen) atoms. The smallest absolute Gasteiger partial charge is 0.235 e. The van der Waals surface area contributed by atoms with Gasteiger partial charge in [-0.05, 0) is 96.5 Å². The first-order valence-corrected chi connectivity index (χ1v) is 19.9. The summed E-state index contributed by atoms with van der Waals surface area (Å²) in [4.78, 5) is 32.1. The number of anilines is 2. The summed E-state index contributed by atoms with van der Waals surface area (Å²) in [6.45, 7) is 7.30. The molecule has 2 amide bonds. The van der Waals surface area contributed by atoms with Gasteiger partial charge in [0.1, 0.15) is 5.75 Å². The van der Waals surface area contributed by atoms with Crippen molar-refractivity contribution < 1.29 is 14.7 Å². The summed E-state index contributed by atoms with van der Waals surface area (Å²) in [6, 6.07) is 32.6. The number of para-hydroxylation sites is 1. The number of aromatic nitrogens is 2. The number of amides is 2. The van der Waals surface area contributed by atoms with E-state index in [1.54, 1.807) is 0 Å². The molecule has 3 fully saturated rings. The van der Waals surface area contributed by atoms with Crippen LogP contribution in [0.4, 0.5) is 11.4 Å². The number of aromatic hydroxyl groups is 1. The van der Waals surface area contributed by atoms with Crippen LogP contribution >= 0.6 is 0 Å². The van der Waals surface area contributed by atoms with Crippen LogP contribution in [0.2, 0.25) is 0 Å². The number of benzene rings is 4. The quantitative estimate of drug-likeness (QED) is 0.181. The molecule has 2 N–H and O–H groups in total. The van der Waals surface area contributed by atoms with E-state index in [1.807, 2.05) is 23.9 Å². The molecule has 9 rings (SSSR count). The second kappa shape index (κ2) is 14.6. The van der Waals surface area contributed by atoms with E-state index in [2.05, 4.69) is 98.9 Å². The van der Waals surface area contributed by atoms with E-state index in [4.69, 9.17) is 5.10 Å². The lowest BCUT2D eigenvalue weighted by molar-refractivity contribution is -0.134. The lowest BCUT2D eigenvalue weighted by Gasteiger charge is -2.40. The highest BCUT2D eigenvalue weighted by Gasteiger charge is 2.34. The first-order chi connectivity index (χ1) is 26.4. The Bertz CT molecular complexity index is 2150. The third-order valence-electron chi connectivity index (χ3n) is 12.7. The van der Waals surface area contributed by atoms with Crippen molar-refractivity contribution in [2.45, 2.75) is 56.3 Å². The van der Waals surface area contributed by atoms with Crippen molar-refractivity contribution in [2.75, 3.05) is 55.6 Å². The predicted octanol–water partition coefficient (Wildman–Crippen LogP) is 6.70. The summed E-state index contributed by atoms with van der Waals surface area (Å²) in [6.07, 6.45) is 5.32. The summed E-state index contributed by atoms with van der Waals surface area (Å²) in [5.74, 6) is 0.898. The standard InChI is InChI=1S/C45H50N6O3/c1-48-44-38(43(47-48)39-18-19-41(53)46-45(39)54)8-5-9-40(44)51-26-24-49(25-27-51)29-30-20-22-50(23-21-30)34-13-10-32(11-14-34)42-36(31-6-3-2-4-7-31)16-12-33-28-35(52)15-17-37(33)42/h2-11,13-15,17,28,30,36,39,42,52H,12,16,18-27,29H2,1H3,(H,46,53,54)/t36-,39?,42+/m1/s1. The molecule has 278 valence electrons. The number of piperidine rings is 2. The van der Waals surface area contributed by atoms with Crippen LogP contribution in [-0.4, -0.2) is 77.4 Å². The third-order valence-corrected chi connectivity index (χ3v) is 12.7. The van der Waals surface area contributed by atoms with Gasteiger partial charge in [0.15, 0.2) is 0 Å². The molecule has 0 saturated carbocycles. The molecule has 1 aliphatic carbocycles. The Hall–Kier alpha value is -5.15. The Morgan fingerprint density at radius 3 is 2.30 bits per heavy atom. The van der Waals surface area contributed by atoms with Crippen molar-refractivity contribution in [1.82, 2.24) is 20.0 Å². The monoisotopic (exact) mass is 722 g/mol. The Balaban J connectivity index is 0.814. The van der Waals surface area contributed by atoms with Crippen LogP contribution in [0.3, 0.4) is 0 Å². The molecule has 4 aromatic carbocycles. The summed E-state index contributed by atoms with van der Waals surface area (Å²) >= 11 is 0. The number of carbonyl (C=O) groups excluding carboxylic acids is 2. The highest BCUT2D eigenvalue weighted by Crippen LogP contribution is 2.47. The number of aryl methyl sites for hydroxylation is 2. The van der Waals surface area contributed by atoms with E-state index in [-0.39, 0.29) is 17.7 Å². The number of rotatable bonds is 7. The molecule has 4 heterocycles. The number of fused-ring (bicyclic) bond motifs is 2. The van der Waals surface area contributed by atoms with Gasteiger partial charge in [0.25, 0.3) is 0 Å². The molecule has 3 aliphatic heterocycles. The zero-order chi connectivity index (χ0) is 36.8. The van der Waals surface area contributed by atoms with Crippen molar-refractivity contribution in [1.29, 1.82) is 0 Å². The molecule has 0 spiro atoms. The molecule has 1 aromatic heterocycles. The number of hydrogen-bond donors (Lipinski definition) is 2. The zero-order valence-corrected chi connectivity index (χ0v) is 31.2. The van der Waals surface area contributed by atoms with Crippen LogP contribution in [0.15, 0.2) is 91.0 Å². The normalized spacial score (nSPS) is 22.7. The third kappa shape index (κ3) is 6.63. The molecular formula is C45H50N6O3. The van der Waals surface area contributed by atoms with Gasteiger partial charge in [-0.25, -0.2) is 0 Å². The number of hydrogen-bond acceptors (Lipinski definition) is 7. The molecule has 3 atom stereocenters. The van der Waals surface area contributed by atoms with Gasteiger partial charge in [0, 0.05) is 76.3 Å². The molecule has 0 radical (unpaired) electrons. The van der Waals surface area contributed by atoms with E-state index in [0.717, 1.165) is 75.3 Å². The Kier molecular flexibility index (Phi) is 9.35. The second-order valence-electron chi connectivity index (χ2n) is 15.9. The van der Waals surface area contributed by atoms with Crippen LogP contribution in [0.1, 0.15) is 77.8 Å². The summed E-state index contributed by atoms with van der Waals surface area (Å²) in [7, 11) is 1.96. The number of piperazine rings is 1. The molecule has 5 aromatic rings. The van der Waals surface area contributed by atoms with Gasteiger partial charge in [-0.1, -0.05) is 60.7 Å². The van der Waals surface area contributed by atoms with E-state index < -0.39 is 5.92 Å². The largest absolute Gasteiger partial charge is 0.508 e. The van der Waals surface area contributed by atoms with E-state index in [1.165, 1.54) is 46.5 Å². The molecule has 9 nitrogen and oxygen atoms in total. The van der Waals surface area contributed by atoms with Crippen LogP contribution in [0.5, 0.6) is 5.75 Å². The average Bonchev–Trinajstić information content (AvgIpc) is 3.54. The molecule has 1 unspecified atom stereocenters. The van der Waals surface area contributed by atoms with Crippen molar-refractivity contribution in [3.05, 3.63) is 119 Å². The predicted molar refractivity (Wildman–Crippen MR) is 213 cm³/mol. The Morgan fingerprint density at radius 2 is 1.54 bits per heavy atom. The van der Waals surface area contributed by atoms with Gasteiger partial charge in [-0.15, -0.1) is 0 Å². The highest BCUT2D eigenvalue weighted by molar-refractivity contribution is 6.03. The van der Waals surface area contributed by atoms with Crippen LogP contribution in [-0.2, 0) is 23.1 Å². The first-order valence-electron chi connectivity index (χ1n) is 19.9. The molecule has 4 aliphatic rings. The minimum absolute atomic E-state index is 0.200. The average molecular weight is 723 g/mol. The number of nitrogens with one attached hydrogen (secondary N) is 1. The molecule has 9 heteroatoms. The topological polar surface area (TPSA) is 93.9 Å². The van der Waals surface area contributed by atoms with Gasteiger partial charge in [-0.3, -0.25) is 24.5 Å². The fraction of sp³-hybridized carbons (Fsp3) is 0.400. The van der Waals surface area contributed by atoms with E-state index >= 15 is 0 Å². The van der Waals surface area contributed by atoms with Crippen molar-refractivity contribution in [2.24, 2.45) is 13.0 Å². The lowest BCUT2D eigenvalue weighted by atomic mass is 9.69. The van der Waals surface area contributed by atoms with E-state index in [0.29, 0.717) is 30.4 Å². The lowest BCUT2D eigenvalue weighted by Crippen LogP contribution is -2.49. The number of phenols is 1. The summed E-state index contributed by atoms with van der Waals surface area (Å²) in [5.41, 5.74) is 9.67. The zero-order valence-electron chi connectivity index (χ0n) is 31.2. The van der Waals surface area contributed by atoms with Gasteiger partial charge in [0.05, 0.1) is 22.8 Å². The minimum atomic E-state index is -0.395. The van der Waals surface area contributed by atoms with Crippen molar-refractivity contribution in [3.63, 3.8) is 0 Å². The number of nitrogens with zero attached hydrogens (tertiary/aromatic N) is 5. The van der Waals surface area contributed by atoms with Crippen molar-refractivity contribution in [3.8, 4) is 5.75 Å². The fourth-order valence-corrected chi connectivity index (χ4v) is 9.89. The van der Waals surface area contributed by atoms with E-state index in [9.17, 15) is 14.7 Å². The molecular weight excluding hydrogens is 673 g/mol. The summed E-state index contributed by atoms with van der Waals surface area (Å²) in [5, 5.41) is 18.5. The first kappa shape index (κ1) is 34.6. The maximum Gasteiger partial charge on any atom is 0.235 e. The maximum atomic E-state index is 12.7. The highest BCUT2D eigenvalue weighted by atomic mass is 16.3. The van der Waals surface area contributed by atoms with Crippen LogP contribution in [0.25, 0.3) is 10.9 Å². The molecule has 3 saturated heterocycles. The van der Waals surface area contributed by atoms with Gasteiger partial charge < -0.3 is 14.9 Å². The molecule has 0 bridgehead atoms. The Morgan fingerprint density at radius 1 is 0.759 bits per heavy atom. The summed E-state index contributed by atoms with van der Waals surface area (Å²) < 4.78 is 1.92. The SMILES string of the molecule is Cn1nc(C2CCC(=O)NC2=O)c2cccc(N3CCN(CC4CCN(c5ccc([C@@H]6c7ccc(O)cc7CC[C@@H]6c6ccccc6)cc5)CC4)CC3)c21. The number of phenolic OH excluding ortho intramolecular Hbond substituents is 1. The fourth-order valence-electron chi connectivity index (χ4n) is 9.89. The van der Waals surface area contributed by atoms with Crippen LogP contribution < -0.4 is 15.1 Å². The van der Waals surface area contributed by atoms with Gasteiger partial charge in [-0.2, -0.15) is 5.10 Å². The van der Waals surface area contributed by atoms with Gasteiger partial charge in [0.2, 0.25) is 11.8 Å². The maximum absolute atomic E-state index is 12.7. The Labute approximate surface area is 317 Å². The minimum Gasteiger partial charge on any atom is -0.508 e. The van der Waals surface area contributed by atoms with Crippen LogP contribution in [0, 0.1) is 5.92 Å². The second-order valence-corrected chi connectivity index (χ2v) is 15.9.